The van der Waals surface area contributed by atoms with Crippen LogP contribution < -0.4 is 10.9 Å². The van der Waals surface area contributed by atoms with Crippen LogP contribution in [0.5, 0.6) is 0 Å². The molecular weight excluding hydrogens is 326 g/mol. The molecule has 4 rings (SSSR count). The van der Waals surface area contributed by atoms with Gasteiger partial charge in [0, 0.05) is 11.1 Å². The molecule has 1 amide bonds. The quantitative estimate of drug-likeness (QED) is 0.791. The number of aromatic nitrogens is 2. The zero-order valence-electron chi connectivity index (χ0n) is 14.8. The van der Waals surface area contributed by atoms with Crippen molar-refractivity contribution in [2.75, 3.05) is 5.32 Å². The molecule has 0 bridgehead atoms. The number of hydrogen-bond acceptors (Lipinski definition) is 3. The van der Waals surface area contributed by atoms with Crippen LogP contribution >= 0.6 is 0 Å². The summed E-state index contributed by atoms with van der Waals surface area (Å²) in [6.07, 6.45) is 4.38. The Morgan fingerprint density at radius 3 is 2.69 bits per heavy atom. The first-order valence-corrected chi connectivity index (χ1v) is 9.00. The van der Waals surface area contributed by atoms with Crippen LogP contribution in [0.4, 0.5) is 5.69 Å². The summed E-state index contributed by atoms with van der Waals surface area (Å²) in [5.74, 6) is -0.228. The molecule has 1 aromatic heterocycles. The molecule has 1 N–H and O–H groups in total. The minimum absolute atomic E-state index is 0.0891. The minimum atomic E-state index is -0.239. The van der Waals surface area contributed by atoms with Gasteiger partial charge in [-0.2, -0.15) is 5.10 Å². The van der Waals surface area contributed by atoms with Crippen LogP contribution in [0, 0.1) is 6.92 Å². The van der Waals surface area contributed by atoms with Crippen LogP contribution in [0.1, 0.15) is 29.7 Å². The fourth-order valence-electron chi connectivity index (χ4n) is 3.74. The SMILES string of the molecule is Cc1nn(CC(=O)Nc2cccc3c2CCCC3)c(=O)c2ccccc12. The van der Waals surface area contributed by atoms with Gasteiger partial charge < -0.3 is 5.32 Å². The number of nitrogens with zero attached hydrogens (tertiary/aromatic N) is 2. The van der Waals surface area contributed by atoms with E-state index in [1.54, 1.807) is 6.07 Å². The van der Waals surface area contributed by atoms with E-state index in [2.05, 4.69) is 16.5 Å². The van der Waals surface area contributed by atoms with Gasteiger partial charge in [-0.3, -0.25) is 9.59 Å². The maximum atomic E-state index is 12.6. The fourth-order valence-corrected chi connectivity index (χ4v) is 3.74. The van der Waals surface area contributed by atoms with Gasteiger partial charge in [0.1, 0.15) is 6.54 Å². The summed E-state index contributed by atoms with van der Waals surface area (Å²) in [5, 5.41) is 8.70. The van der Waals surface area contributed by atoms with Gasteiger partial charge in [-0.25, -0.2) is 4.68 Å². The Morgan fingerprint density at radius 2 is 1.85 bits per heavy atom. The highest BCUT2D eigenvalue weighted by molar-refractivity contribution is 5.92. The average Bonchev–Trinajstić information content (AvgIpc) is 2.66. The van der Waals surface area contributed by atoms with Crippen molar-refractivity contribution in [2.45, 2.75) is 39.2 Å². The molecule has 3 aromatic rings. The number of anilines is 1. The highest BCUT2D eigenvalue weighted by atomic mass is 16.2. The van der Waals surface area contributed by atoms with E-state index >= 15 is 0 Å². The molecule has 5 nitrogen and oxygen atoms in total. The van der Waals surface area contributed by atoms with Gasteiger partial charge in [-0.15, -0.1) is 0 Å². The number of hydrogen-bond donors (Lipinski definition) is 1. The molecule has 0 spiro atoms. The second kappa shape index (κ2) is 6.75. The van der Waals surface area contributed by atoms with Crippen molar-refractivity contribution in [3.05, 3.63) is 69.6 Å². The first kappa shape index (κ1) is 16.5. The molecule has 1 aliphatic carbocycles. The molecule has 132 valence electrons. The van der Waals surface area contributed by atoms with Gasteiger partial charge >= 0.3 is 0 Å². The average molecular weight is 347 g/mol. The molecule has 1 aliphatic rings. The van der Waals surface area contributed by atoms with Crippen molar-refractivity contribution >= 4 is 22.4 Å². The highest BCUT2D eigenvalue weighted by Crippen LogP contribution is 2.27. The number of nitrogens with one attached hydrogen (secondary N) is 1. The summed E-state index contributed by atoms with van der Waals surface area (Å²) in [6, 6.07) is 13.4. The second-order valence-electron chi connectivity index (χ2n) is 6.79. The predicted octanol–water partition coefficient (Wildman–Crippen LogP) is 3.22. The molecular formula is C21H21N3O2. The number of benzene rings is 2. The smallest absolute Gasteiger partial charge is 0.275 e. The summed E-state index contributed by atoms with van der Waals surface area (Å²) in [7, 11) is 0. The van der Waals surface area contributed by atoms with Crippen LogP contribution in [0.2, 0.25) is 0 Å². The third kappa shape index (κ3) is 3.01. The predicted molar refractivity (Wildman–Crippen MR) is 102 cm³/mol. The lowest BCUT2D eigenvalue weighted by Gasteiger charge is -2.19. The van der Waals surface area contributed by atoms with Crippen molar-refractivity contribution in [3.8, 4) is 0 Å². The molecule has 26 heavy (non-hydrogen) atoms. The van der Waals surface area contributed by atoms with Gasteiger partial charge in [-0.1, -0.05) is 30.3 Å². The third-order valence-electron chi connectivity index (χ3n) is 5.02. The maximum Gasteiger partial charge on any atom is 0.275 e. The van der Waals surface area contributed by atoms with Crippen LogP contribution in [0.25, 0.3) is 10.8 Å². The summed E-state index contributed by atoms with van der Waals surface area (Å²) in [5.41, 5.74) is 3.90. The normalized spacial score (nSPS) is 13.4. The van der Waals surface area contributed by atoms with E-state index in [4.69, 9.17) is 0 Å². The molecule has 2 aromatic carbocycles. The topological polar surface area (TPSA) is 64.0 Å². The summed E-state index contributed by atoms with van der Waals surface area (Å²) in [6.45, 7) is 1.76. The molecule has 5 heteroatoms. The lowest BCUT2D eigenvalue weighted by molar-refractivity contribution is -0.117. The molecule has 0 radical (unpaired) electrons. The van der Waals surface area contributed by atoms with Crippen molar-refractivity contribution < 1.29 is 4.79 Å². The van der Waals surface area contributed by atoms with Gasteiger partial charge in [0.2, 0.25) is 5.91 Å². The molecule has 0 unspecified atom stereocenters. The first-order valence-electron chi connectivity index (χ1n) is 9.00. The Hall–Kier alpha value is -2.95. The van der Waals surface area contributed by atoms with Crippen molar-refractivity contribution in [1.29, 1.82) is 0 Å². The van der Waals surface area contributed by atoms with E-state index in [0.29, 0.717) is 5.39 Å². The number of fused-ring (bicyclic) bond motifs is 2. The number of aryl methyl sites for hydroxylation is 2. The van der Waals surface area contributed by atoms with Crippen molar-refractivity contribution in [3.63, 3.8) is 0 Å². The van der Waals surface area contributed by atoms with Crippen molar-refractivity contribution in [1.82, 2.24) is 9.78 Å². The van der Waals surface area contributed by atoms with Crippen molar-refractivity contribution in [2.24, 2.45) is 0 Å². The Kier molecular flexibility index (Phi) is 4.29. The van der Waals surface area contributed by atoms with Crippen LogP contribution in [-0.2, 0) is 24.2 Å². The summed E-state index contributed by atoms with van der Waals surface area (Å²) >= 11 is 0. The number of amides is 1. The van der Waals surface area contributed by atoms with Crippen LogP contribution in [-0.4, -0.2) is 15.7 Å². The molecule has 1 heterocycles. The number of carbonyl (C=O) groups excluding carboxylic acids is 1. The lowest BCUT2D eigenvalue weighted by atomic mass is 9.90. The summed E-state index contributed by atoms with van der Waals surface area (Å²) in [4.78, 5) is 25.2. The zero-order chi connectivity index (χ0) is 18.1. The molecule has 0 fully saturated rings. The lowest BCUT2D eigenvalue weighted by Crippen LogP contribution is -2.30. The van der Waals surface area contributed by atoms with Gasteiger partial charge in [0.15, 0.2) is 0 Å². The van der Waals surface area contributed by atoms with Crippen LogP contribution in [0.3, 0.4) is 0 Å². The molecule has 0 atom stereocenters. The van der Waals surface area contributed by atoms with E-state index in [0.717, 1.165) is 36.0 Å². The minimum Gasteiger partial charge on any atom is -0.324 e. The fraction of sp³-hybridized carbons (Fsp3) is 0.286. The Morgan fingerprint density at radius 1 is 1.08 bits per heavy atom. The number of rotatable bonds is 3. The Balaban J connectivity index is 1.61. The van der Waals surface area contributed by atoms with Crippen LogP contribution in [0.15, 0.2) is 47.3 Å². The van der Waals surface area contributed by atoms with E-state index < -0.39 is 0 Å². The molecule has 0 saturated heterocycles. The second-order valence-corrected chi connectivity index (χ2v) is 6.79. The van der Waals surface area contributed by atoms with E-state index in [1.807, 2.05) is 37.3 Å². The van der Waals surface area contributed by atoms with E-state index in [1.165, 1.54) is 22.2 Å². The zero-order valence-corrected chi connectivity index (χ0v) is 14.8. The Bertz CT molecular complexity index is 1050. The first-order chi connectivity index (χ1) is 12.6. The van der Waals surface area contributed by atoms with Gasteiger partial charge in [0.25, 0.3) is 5.56 Å². The molecule has 0 aliphatic heterocycles. The standard InChI is InChI=1S/C21H21N3O2/c1-14-16-9-4-5-11-18(16)21(26)24(23-14)13-20(25)22-19-12-6-8-15-7-2-3-10-17(15)19/h4-6,8-9,11-12H,2-3,7,10,13H2,1H3,(H,22,25). The Labute approximate surface area is 151 Å². The number of carbonyl (C=O) groups is 1. The maximum absolute atomic E-state index is 12.6. The highest BCUT2D eigenvalue weighted by Gasteiger charge is 2.16. The summed E-state index contributed by atoms with van der Waals surface area (Å²) < 4.78 is 1.25. The molecule has 0 saturated carbocycles. The van der Waals surface area contributed by atoms with Gasteiger partial charge in [0.05, 0.1) is 11.1 Å². The third-order valence-corrected chi connectivity index (χ3v) is 5.02. The largest absolute Gasteiger partial charge is 0.324 e. The monoisotopic (exact) mass is 347 g/mol. The van der Waals surface area contributed by atoms with Gasteiger partial charge in [-0.05, 0) is 55.9 Å². The van der Waals surface area contributed by atoms with E-state index in [-0.39, 0.29) is 18.0 Å². The van der Waals surface area contributed by atoms with E-state index in [9.17, 15) is 9.59 Å².